The van der Waals surface area contributed by atoms with E-state index in [0.29, 0.717) is 38.4 Å². The number of rotatable bonds is 5. The van der Waals surface area contributed by atoms with Gasteiger partial charge in [-0.25, -0.2) is 4.79 Å². The van der Waals surface area contributed by atoms with Crippen LogP contribution in [0.1, 0.15) is 35.2 Å². The standard InChI is InChI=1S/C18H26N4O3S/c1-11(2)10-22-16(19)14(17(23)20-18(22)24)15(13-5-4-12(3)26-13)21-6-8-25-9-7-21/h4-5,11,15H,6-10,19H2,1-3H3,(H,20,23,24)/t15-/m0/s1. The number of morpholine rings is 1. The third kappa shape index (κ3) is 3.77. The summed E-state index contributed by atoms with van der Waals surface area (Å²) in [4.78, 5) is 31.9. The molecule has 3 heterocycles. The molecule has 1 aliphatic heterocycles. The number of nitrogens with two attached hydrogens (primary N) is 1. The summed E-state index contributed by atoms with van der Waals surface area (Å²) in [5, 5.41) is 0. The van der Waals surface area contributed by atoms with Crippen LogP contribution in [0, 0.1) is 12.8 Å². The highest BCUT2D eigenvalue weighted by Gasteiger charge is 2.31. The number of anilines is 1. The highest BCUT2D eigenvalue weighted by Crippen LogP contribution is 2.34. The second-order valence-corrected chi connectivity index (χ2v) is 8.38. The van der Waals surface area contributed by atoms with Crippen LogP contribution in [0.2, 0.25) is 0 Å². The van der Waals surface area contributed by atoms with E-state index >= 15 is 0 Å². The number of nitrogens with one attached hydrogen (secondary N) is 1. The van der Waals surface area contributed by atoms with Gasteiger partial charge in [0.15, 0.2) is 0 Å². The Bertz CT molecular complexity index is 877. The summed E-state index contributed by atoms with van der Waals surface area (Å²) in [6, 6.07) is 3.80. The molecule has 0 spiro atoms. The number of nitrogens with zero attached hydrogens (tertiary/aromatic N) is 2. The second kappa shape index (κ2) is 7.77. The minimum absolute atomic E-state index is 0.236. The Hall–Kier alpha value is -1.90. The molecule has 0 amide bonds. The van der Waals surface area contributed by atoms with Gasteiger partial charge in [0.05, 0.1) is 24.8 Å². The maximum atomic E-state index is 12.8. The first-order valence-corrected chi connectivity index (χ1v) is 9.70. The predicted octanol–water partition coefficient (Wildman–Crippen LogP) is 1.57. The SMILES string of the molecule is Cc1ccc([C@@H](c2c(N)n(CC(C)C)c(=O)[nH]c2=O)N2CCOCC2)s1. The summed E-state index contributed by atoms with van der Waals surface area (Å²) in [5.74, 6) is 0.495. The first-order valence-electron chi connectivity index (χ1n) is 8.89. The molecule has 3 rings (SSSR count). The lowest BCUT2D eigenvalue weighted by Crippen LogP contribution is -2.44. The fraction of sp³-hybridized carbons (Fsp3) is 0.556. The largest absolute Gasteiger partial charge is 0.385 e. The van der Waals surface area contributed by atoms with Crippen molar-refractivity contribution in [2.45, 2.75) is 33.4 Å². The van der Waals surface area contributed by atoms with Crippen LogP contribution < -0.4 is 17.0 Å². The van der Waals surface area contributed by atoms with Gasteiger partial charge in [-0.15, -0.1) is 11.3 Å². The lowest BCUT2D eigenvalue weighted by Gasteiger charge is -2.34. The van der Waals surface area contributed by atoms with Gasteiger partial charge in [-0.3, -0.25) is 19.2 Å². The molecule has 0 aliphatic carbocycles. The van der Waals surface area contributed by atoms with E-state index < -0.39 is 11.2 Å². The first-order chi connectivity index (χ1) is 12.4. The predicted molar refractivity (Wildman–Crippen MR) is 104 cm³/mol. The van der Waals surface area contributed by atoms with E-state index in [-0.39, 0.29) is 17.8 Å². The summed E-state index contributed by atoms with van der Waals surface area (Å²) < 4.78 is 6.95. The molecular formula is C18H26N4O3S. The lowest BCUT2D eigenvalue weighted by atomic mass is 10.0. The van der Waals surface area contributed by atoms with Crippen LogP contribution in [-0.2, 0) is 11.3 Å². The Morgan fingerprint density at radius 1 is 1.27 bits per heavy atom. The Morgan fingerprint density at radius 2 is 1.96 bits per heavy atom. The van der Waals surface area contributed by atoms with Gasteiger partial charge in [-0.2, -0.15) is 0 Å². The van der Waals surface area contributed by atoms with Crippen LogP contribution >= 0.6 is 11.3 Å². The van der Waals surface area contributed by atoms with Gasteiger partial charge in [-0.1, -0.05) is 13.8 Å². The molecule has 1 aliphatic rings. The Labute approximate surface area is 156 Å². The molecule has 0 unspecified atom stereocenters. The maximum Gasteiger partial charge on any atom is 0.329 e. The van der Waals surface area contributed by atoms with Crippen LogP contribution in [0.3, 0.4) is 0 Å². The molecule has 2 aromatic heterocycles. The first kappa shape index (κ1) is 18.9. The van der Waals surface area contributed by atoms with Gasteiger partial charge < -0.3 is 10.5 Å². The number of hydrogen-bond donors (Lipinski definition) is 2. The topological polar surface area (TPSA) is 93.3 Å². The fourth-order valence-corrected chi connectivity index (χ4v) is 4.38. The van der Waals surface area contributed by atoms with Gasteiger partial charge in [0.2, 0.25) is 0 Å². The van der Waals surface area contributed by atoms with E-state index in [9.17, 15) is 9.59 Å². The van der Waals surface area contributed by atoms with Crippen LogP contribution in [0.15, 0.2) is 21.7 Å². The van der Waals surface area contributed by atoms with Crippen LogP contribution in [0.5, 0.6) is 0 Å². The average molecular weight is 378 g/mol. The molecule has 26 heavy (non-hydrogen) atoms. The van der Waals surface area contributed by atoms with E-state index in [1.165, 1.54) is 9.44 Å². The number of thiophene rings is 1. The zero-order valence-electron chi connectivity index (χ0n) is 15.4. The van der Waals surface area contributed by atoms with Gasteiger partial charge in [0, 0.05) is 29.4 Å². The molecule has 2 aromatic rings. The van der Waals surface area contributed by atoms with Crippen molar-refractivity contribution in [1.82, 2.24) is 14.5 Å². The number of nitrogen functional groups attached to an aromatic ring is 1. The van der Waals surface area contributed by atoms with E-state index in [4.69, 9.17) is 10.5 Å². The van der Waals surface area contributed by atoms with Gasteiger partial charge in [-0.05, 0) is 25.0 Å². The van der Waals surface area contributed by atoms with Crippen molar-refractivity contribution >= 4 is 17.2 Å². The summed E-state index contributed by atoms with van der Waals surface area (Å²) in [6.45, 7) is 9.19. The van der Waals surface area contributed by atoms with Crippen molar-refractivity contribution in [3.63, 3.8) is 0 Å². The third-order valence-corrected chi connectivity index (χ3v) is 5.59. The third-order valence-electron chi connectivity index (χ3n) is 4.54. The van der Waals surface area contributed by atoms with Gasteiger partial charge in [0.1, 0.15) is 5.82 Å². The second-order valence-electron chi connectivity index (χ2n) is 7.06. The van der Waals surface area contributed by atoms with Crippen molar-refractivity contribution < 1.29 is 4.74 Å². The van der Waals surface area contributed by atoms with Crippen molar-refractivity contribution in [3.8, 4) is 0 Å². The van der Waals surface area contributed by atoms with E-state index in [2.05, 4.69) is 9.88 Å². The number of aryl methyl sites for hydroxylation is 1. The summed E-state index contributed by atoms with van der Waals surface area (Å²) in [5.41, 5.74) is 5.97. The molecule has 1 atom stereocenters. The van der Waals surface area contributed by atoms with Crippen molar-refractivity contribution in [3.05, 3.63) is 48.3 Å². The fourth-order valence-electron chi connectivity index (χ4n) is 3.35. The van der Waals surface area contributed by atoms with Crippen LogP contribution in [-0.4, -0.2) is 40.8 Å². The molecule has 7 nitrogen and oxygen atoms in total. The van der Waals surface area contributed by atoms with Crippen LogP contribution in [0.25, 0.3) is 0 Å². The smallest absolute Gasteiger partial charge is 0.329 e. The maximum absolute atomic E-state index is 12.8. The quantitative estimate of drug-likeness (QED) is 0.824. The Kier molecular flexibility index (Phi) is 5.64. The zero-order chi connectivity index (χ0) is 18.8. The average Bonchev–Trinajstić information content (AvgIpc) is 3.02. The molecule has 1 saturated heterocycles. The zero-order valence-corrected chi connectivity index (χ0v) is 16.3. The van der Waals surface area contributed by atoms with Crippen molar-refractivity contribution in [2.24, 2.45) is 5.92 Å². The minimum Gasteiger partial charge on any atom is -0.385 e. The molecule has 8 heteroatoms. The minimum atomic E-state index is -0.451. The number of aromatic nitrogens is 2. The molecule has 142 valence electrons. The highest BCUT2D eigenvalue weighted by molar-refractivity contribution is 7.12. The van der Waals surface area contributed by atoms with Crippen molar-refractivity contribution in [2.75, 3.05) is 32.0 Å². The number of H-pyrrole nitrogens is 1. The highest BCUT2D eigenvalue weighted by atomic mass is 32.1. The van der Waals surface area contributed by atoms with E-state index in [1.807, 2.05) is 32.9 Å². The van der Waals surface area contributed by atoms with Crippen LogP contribution in [0.4, 0.5) is 5.82 Å². The molecule has 1 fully saturated rings. The van der Waals surface area contributed by atoms with Gasteiger partial charge >= 0.3 is 5.69 Å². The number of aromatic amines is 1. The summed E-state index contributed by atoms with van der Waals surface area (Å²) in [6.07, 6.45) is 0. The molecule has 3 N–H and O–H groups in total. The van der Waals surface area contributed by atoms with E-state index in [0.717, 1.165) is 4.88 Å². The van der Waals surface area contributed by atoms with E-state index in [1.54, 1.807) is 11.3 Å². The number of hydrogen-bond acceptors (Lipinski definition) is 6. The van der Waals surface area contributed by atoms with Gasteiger partial charge in [0.25, 0.3) is 5.56 Å². The van der Waals surface area contributed by atoms with Crippen molar-refractivity contribution in [1.29, 1.82) is 0 Å². The molecule has 0 saturated carbocycles. The molecule has 0 radical (unpaired) electrons. The Balaban J connectivity index is 2.17. The molecular weight excluding hydrogens is 352 g/mol. The summed E-state index contributed by atoms with van der Waals surface area (Å²) >= 11 is 1.65. The number of ether oxygens (including phenoxy) is 1. The molecule has 0 bridgehead atoms. The lowest BCUT2D eigenvalue weighted by molar-refractivity contribution is 0.0243. The molecule has 0 aromatic carbocycles. The normalized spacial score (nSPS) is 16.9. The summed E-state index contributed by atoms with van der Waals surface area (Å²) in [7, 11) is 0. The monoisotopic (exact) mass is 378 g/mol. The Morgan fingerprint density at radius 3 is 2.54 bits per heavy atom.